The molecule has 1 N–H and O–H groups in total. The molecule has 106 valence electrons. The Hall–Kier alpha value is -1.07. The SMILES string of the molecule is CCN(CCSc1ccc(F)cc1)C(C)CC(=O)O. The first kappa shape index (κ1) is 16.0. The van der Waals surface area contributed by atoms with E-state index in [4.69, 9.17) is 5.11 Å². The van der Waals surface area contributed by atoms with Crippen LogP contribution in [0.3, 0.4) is 0 Å². The van der Waals surface area contributed by atoms with Crippen molar-refractivity contribution in [3.63, 3.8) is 0 Å². The third-order valence-corrected chi connectivity index (χ3v) is 3.95. The largest absolute Gasteiger partial charge is 0.481 e. The van der Waals surface area contributed by atoms with E-state index in [0.29, 0.717) is 0 Å². The highest BCUT2D eigenvalue weighted by atomic mass is 32.2. The van der Waals surface area contributed by atoms with Crippen LogP contribution in [0.5, 0.6) is 0 Å². The average Bonchev–Trinajstić information content (AvgIpc) is 2.36. The predicted octanol–water partition coefficient (Wildman–Crippen LogP) is 3.10. The summed E-state index contributed by atoms with van der Waals surface area (Å²) in [6, 6.07) is 6.46. The highest BCUT2D eigenvalue weighted by Crippen LogP contribution is 2.18. The van der Waals surface area contributed by atoms with E-state index < -0.39 is 5.97 Å². The van der Waals surface area contributed by atoms with Gasteiger partial charge in [-0.1, -0.05) is 6.92 Å². The fraction of sp³-hybridized carbons (Fsp3) is 0.500. The minimum Gasteiger partial charge on any atom is -0.481 e. The zero-order chi connectivity index (χ0) is 14.3. The van der Waals surface area contributed by atoms with Crippen molar-refractivity contribution in [2.75, 3.05) is 18.8 Å². The van der Waals surface area contributed by atoms with Crippen LogP contribution in [-0.2, 0) is 4.79 Å². The zero-order valence-electron chi connectivity index (χ0n) is 11.3. The van der Waals surface area contributed by atoms with Gasteiger partial charge in [-0.05, 0) is 37.7 Å². The van der Waals surface area contributed by atoms with Gasteiger partial charge in [0.15, 0.2) is 0 Å². The lowest BCUT2D eigenvalue weighted by molar-refractivity contribution is -0.138. The Labute approximate surface area is 117 Å². The van der Waals surface area contributed by atoms with Gasteiger partial charge < -0.3 is 5.11 Å². The summed E-state index contributed by atoms with van der Waals surface area (Å²) in [5.74, 6) is -0.129. The van der Waals surface area contributed by atoms with Gasteiger partial charge in [0, 0.05) is 23.2 Å². The number of carboxylic acid groups (broad SMARTS) is 1. The molecule has 0 amide bonds. The molecule has 0 heterocycles. The molecule has 5 heteroatoms. The van der Waals surface area contributed by atoms with E-state index >= 15 is 0 Å². The Morgan fingerprint density at radius 1 is 1.42 bits per heavy atom. The van der Waals surface area contributed by atoms with E-state index in [9.17, 15) is 9.18 Å². The zero-order valence-corrected chi connectivity index (χ0v) is 12.1. The molecule has 0 aliphatic rings. The number of aliphatic carboxylic acids is 1. The number of carboxylic acids is 1. The first-order valence-electron chi connectivity index (χ1n) is 6.37. The summed E-state index contributed by atoms with van der Waals surface area (Å²) < 4.78 is 12.7. The molecule has 0 aliphatic carbocycles. The fourth-order valence-electron chi connectivity index (χ4n) is 1.88. The molecule has 0 saturated carbocycles. The number of carbonyl (C=O) groups is 1. The summed E-state index contributed by atoms with van der Waals surface area (Å²) in [5.41, 5.74) is 0. The third-order valence-electron chi connectivity index (χ3n) is 2.96. The maximum atomic E-state index is 12.7. The van der Waals surface area contributed by atoms with Gasteiger partial charge in [-0.2, -0.15) is 0 Å². The summed E-state index contributed by atoms with van der Waals surface area (Å²) in [6.07, 6.45) is 0.162. The molecular formula is C14H20FNO2S. The Bertz CT molecular complexity index is 397. The molecule has 1 aromatic carbocycles. The van der Waals surface area contributed by atoms with Gasteiger partial charge >= 0.3 is 5.97 Å². The predicted molar refractivity (Wildman–Crippen MR) is 76.1 cm³/mol. The van der Waals surface area contributed by atoms with Crippen LogP contribution >= 0.6 is 11.8 Å². The fourth-order valence-corrected chi connectivity index (χ4v) is 2.77. The Balaban J connectivity index is 2.37. The van der Waals surface area contributed by atoms with Crippen LogP contribution in [0.1, 0.15) is 20.3 Å². The highest BCUT2D eigenvalue weighted by Gasteiger charge is 2.14. The van der Waals surface area contributed by atoms with E-state index in [-0.39, 0.29) is 18.3 Å². The van der Waals surface area contributed by atoms with Crippen LogP contribution in [0.4, 0.5) is 4.39 Å². The molecule has 0 fully saturated rings. The molecule has 1 aromatic rings. The van der Waals surface area contributed by atoms with Crippen molar-refractivity contribution in [2.24, 2.45) is 0 Å². The molecule has 0 bridgehead atoms. The maximum Gasteiger partial charge on any atom is 0.304 e. The second kappa shape index (κ2) is 8.17. The normalized spacial score (nSPS) is 12.6. The second-order valence-corrected chi connectivity index (χ2v) is 5.55. The summed E-state index contributed by atoms with van der Waals surface area (Å²) in [7, 11) is 0. The van der Waals surface area contributed by atoms with Crippen LogP contribution in [0.2, 0.25) is 0 Å². The van der Waals surface area contributed by atoms with Crippen molar-refractivity contribution in [1.29, 1.82) is 0 Å². The molecular weight excluding hydrogens is 265 g/mol. The van der Waals surface area contributed by atoms with Crippen molar-refractivity contribution in [2.45, 2.75) is 31.2 Å². The lowest BCUT2D eigenvalue weighted by Crippen LogP contribution is -2.36. The van der Waals surface area contributed by atoms with Crippen molar-refractivity contribution < 1.29 is 14.3 Å². The first-order chi connectivity index (χ1) is 9.02. The molecule has 1 rings (SSSR count). The van der Waals surface area contributed by atoms with Gasteiger partial charge in [0.25, 0.3) is 0 Å². The van der Waals surface area contributed by atoms with Crippen LogP contribution in [0.15, 0.2) is 29.2 Å². The molecule has 0 aromatic heterocycles. The summed E-state index contributed by atoms with van der Waals surface area (Å²) in [6.45, 7) is 5.62. The Morgan fingerprint density at radius 2 is 2.05 bits per heavy atom. The molecule has 0 aliphatic heterocycles. The first-order valence-corrected chi connectivity index (χ1v) is 7.35. The van der Waals surface area contributed by atoms with Crippen LogP contribution in [0.25, 0.3) is 0 Å². The standard InChI is InChI=1S/C14H20FNO2S/c1-3-16(11(2)10-14(17)18)8-9-19-13-6-4-12(15)5-7-13/h4-7,11H,3,8-10H2,1-2H3,(H,17,18). The lowest BCUT2D eigenvalue weighted by atomic mass is 10.2. The molecule has 3 nitrogen and oxygen atoms in total. The molecule has 0 spiro atoms. The Morgan fingerprint density at radius 3 is 2.58 bits per heavy atom. The van der Waals surface area contributed by atoms with Gasteiger partial charge in [0.05, 0.1) is 6.42 Å². The number of thioether (sulfide) groups is 1. The van der Waals surface area contributed by atoms with Gasteiger partial charge in [0.1, 0.15) is 5.82 Å². The smallest absolute Gasteiger partial charge is 0.304 e. The van der Waals surface area contributed by atoms with Crippen LogP contribution in [-0.4, -0.2) is 40.9 Å². The van der Waals surface area contributed by atoms with Gasteiger partial charge in [-0.15, -0.1) is 11.8 Å². The van der Waals surface area contributed by atoms with Gasteiger partial charge in [-0.3, -0.25) is 9.69 Å². The number of halogens is 1. The number of benzene rings is 1. The van der Waals surface area contributed by atoms with Crippen molar-refractivity contribution >= 4 is 17.7 Å². The number of hydrogen-bond donors (Lipinski definition) is 1. The van der Waals surface area contributed by atoms with E-state index in [1.807, 2.05) is 13.8 Å². The average molecular weight is 285 g/mol. The molecule has 1 unspecified atom stereocenters. The highest BCUT2D eigenvalue weighted by molar-refractivity contribution is 7.99. The van der Waals surface area contributed by atoms with Crippen LogP contribution in [0, 0.1) is 5.82 Å². The Kier molecular flexibility index (Phi) is 6.87. The summed E-state index contributed by atoms with van der Waals surface area (Å²) in [5, 5.41) is 8.79. The minimum atomic E-state index is -0.767. The number of rotatable bonds is 8. The third kappa shape index (κ3) is 6.07. The van der Waals surface area contributed by atoms with Crippen molar-refractivity contribution in [3.8, 4) is 0 Å². The number of nitrogens with zero attached hydrogens (tertiary/aromatic N) is 1. The van der Waals surface area contributed by atoms with E-state index in [1.165, 1.54) is 12.1 Å². The molecule has 1 atom stereocenters. The van der Waals surface area contributed by atoms with Gasteiger partial charge in [0.2, 0.25) is 0 Å². The minimum absolute atomic E-state index is 0.0383. The lowest BCUT2D eigenvalue weighted by Gasteiger charge is -2.26. The number of hydrogen-bond acceptors (Lipinski definition) is 3. The monoisotopic (exact) mass is 285 g/mol. The quantitative estimate of drug-likeness (QED) is 0.745. The summed E-state index contributed by atoms with van der Waals surface area (Å²) in [4.78, 5) is 13.9. The van der Waals surface area contributed by atoms with Gasteiger partial charge in [-0.25, -0.2) is 4.39 Å². The van der Waals surface area contributed by atoms with E-state index in [0.717, 1.165) is 23.7 Å². The van der Waals surface area contributed by atoms with Crippen molar-refractivity contribution in [1.82, 2.24) is 4.90 Å². The van der Waals surface area contributed by atoms with E-state index in [1.54, 1.807) is 23.9 Å². The molecule has 19 heavy (non-hydrogen) atoms. The van der Waals surface area contributed by atoms with Crippen molar-refractivity contribution in [3.05, 3.63) is 30.1 Å². The topological polar surface area (TPSA) is 40.5 Å². The van der Waals surface area contributed by atoms with Crippen LogP contribution < -0.4 is 0 Å². The molecule has 0 radical (unpaired) electrons. The maximum absolute atomic E-state index is 12.7. The molecule has 0 saturated heterocycles. The second-order valence-electron chi connectivity index (χ2n) is 4.38. The van der Waals surface area contributed by atoms with E-state index in [2.05, 4.69) is 4.90 Å². The summed E-state index contributed by atoms with van der Waals surface area (Å²) >= 11 is 1.65.